The van der Waals surface area contributed by atoms with Gasteiger partial charge in [-0.1, -0.05) is 11.6 Å². The van der Waals surface area contributed by atoms with Crippen molar-refractivity contribution in [2.75, 3.05) is 25.5 Å². The number of fused-ring (bicyclic) bond motifs is 1. The van der Waals surface area contributed by atoms with E-state index in [1.807, 2.05) is 0 Å². The number of benzene rings is 1. The van der Waals surface area contributed by atoms with Crippen LogP contribution in [0, 0.1) is 6.92 Å². The molecule has 1 saturated heterocycles. The third-order valence-corrected chi connectivity index (χ3v) is 6.33. The highest BCUT2D eigenvalue weighted by molar-refractivity contribution is 6.32. The van der Waals surface area contributed by atoms with Crippen molar-refractivity contribution in [3.8, 4) is 5.75 Å². The van der Waals surface area contributed by atoms with Crippen LogP contribution in [0.2, 0.25) is 5.02 Å². The molecule has 0 bridgehead atoms. The summed E-state index contributed by atoms with van der Waals surface area (Å²) in [7, 11) is 2.94. The second-order valence-electron chi connectivity index (χ2n) is 8.49. The number of anilines is 1. The third-order valence-electron chi connectivity index (χ3n) is 6.03. The number of nitrogens with zero attached hydrogens (tertiary/aromatic N) is 4. The van der Waals surface area contributed by atoms with Crippen molar-refractivity contribution in [1.82, 2.24) is 19.0 Å². The first-order chi connectivity index (χ1) is 16.7. The number of aryl methyl sites for hydroxylation is 2. The molecule has 0 saturated carbocycles. The molecule has 3 heterocycles. The summed E-state index contributed by atoms with van der Waals surface area (Å²) in [5.74, 6) is -0.438. The number of methoxy groups -OCH3 is 1. The Morgan fingerprint density at radius 1 is 1.14 bits per heavy atom. The highest BCUT2D eigenvalue weighted by Crippen LogP contribution is 2.27. The Morgan fingerprint density at radius 3 is 2.51 bits per heavy atom. The quantitative estimate of drug-likeness (QED) is 0.576. The van der Waals surface area contributed by atoms with Gasteiger partial charge in [0.15, 0.2) is 0 Å². The summed E-state index contributed by atoms with van der Waals surface area (Å²) in [6, 6.07) is 6.24. The Kier molecular flexibility index (Phi) is 6.93. The van der Waals surface area contributed by atoms with Crippen LogP contribution in [-0.4, -0.2) is 51.0 Å². The van der Waals surface area contributed by atoms with Crippen LogP contribution >= 0.6 is 11.6 Å². The molecule has 0 unspecified atom stereocenters. The summed E-state index contributed by atoms with van der Waals surface area (Å²) in [5.41, 5.74) is -0.257. The molecule has 1 aliphatic heterocycles. The lowest BCUT2D eigenvalue weighted by atomic mass is 10.1. The predicted molar refractivity (Wildman–Crippen MR) is 132 cm³/mol. The highest BCUT2D eigenvalue weighted by atomic mass is 35.5. The number of rotatable bonds is 5. The van der Waals surface area contributed by atoms with Crippen molar-refractivity contribution in [1.29, 1.82) is 0 Å². The van der Waals surface area contributed by atoms with Gasteiger partial charge in [-0.3, -0.25) is 23.5 Å². The lowest BCUT2D eigenvalue weighted by molar-refractivity contribution is -0.116. The van der Waals surface area contributed by atoms with Gasteiger partial charge in [0.1, 0.15) is 17.9 Å². The molecule has 0 aliphatic carbocycles. The zero-order chi connectivity index (χ0) is 25.3. The molecule has 4 rings (SSSR count). The maximum atomic E-state index is 13.5. The predicted octanol–water partition coefficient (Wildman–Crippen LogP) is 2.33. The number of hydrogen-bond donors (Lipinski definition) is 1. The van der Waals surface area contributed by atoms with Gasteiger partial charge in [0.2, 0.25) is 5.91 Å². The molecule has 35 heavy (non-hydrogen) atoms. The van der Waals surface area contributed by atoms with Crippen LogP contribution < -0.4 is 21.3 Å². The number of amides is 2. The first kappa shape index (κ1) is 24.5. The van der Waals surface area contributed by atoms with Gasteiger partial charge in [0.05, 0.1) is 23.1 Å². The number of piperidine rings is 1. The third kappa shape index (κ3) is 4.79. The lowest BCUT2D eigenvalue weighted by Crippen LogP contribution is -2.43. The molecule has 0 radical (unpaired) electrons. The fourth-order valence-electron chi connectivity index (χ4n) is 4.27. The average molecular weight is 500 g/mol. The van der Waals surface area contributed by atoms with Crippen molar-refractivity contribution >= 4 is 40.1 Å². The number of likely N-dealkylation sites (tertiary alicyclic amines) is 1. The summed E-state index contributed by atoms with van der Waals surface area (Å²) < 4.78 is 7.10. The van der Waals surface area contributed by atoms with Crippen LogP contribution in [0.4, 0.5) is 5.69 Å². The summed E-state index contributed by atoms with van der Waals surface area (Å²) in [4.78, 5) is 58.6. The minimum Gasteiger partial charge on any atom is -0.495 e. The zero-order valence-corrected chi connectivity index (χ0v) is 20.5. The largest absolute Gasteiger partial charge is 0.495 e. The number of ether oxygens (including phenoxy) is 1. The summed E-state index contributed by atoms with van der Waals surface area (Å²) in [5, 5.41) is 2.94. The minimum absolute atomic E-state index is 0.0218. The van der Waals surface area contributed by atoms with Crippen molar-refractivity contribution in [2.24, 2.45) is 7.05 Å². The molecule has 2 aromatic heterocycles. The van der Waals surface area contributed by atoms with Gasteiger partial charge in [-0.25, -0.2) is 9.78 Å². The molecule has 1 aromatic carbocycles. The smallest absolute Gasteiger partial charge is 0.332 e. The molecule has 3 aromatic rings. The number of carbonyl (C=O) groups excluding carboxylic acids is 2. The van der Waals surface area contributed by atoms with E-state index in [2.05, 4.69) is 10.3 Å². The van der Waals surface area contributed by atoms with Gasteiger partial charge in [0, 0.05) is 31.5 Å². The first-order valence-electron chi connectivity index (χ1n) is 11.2. The van der Waals surface area contributed by atoms with Crippen LogP contribution in [-0.2, 0) is 18.4 Å². The second-order valence-corrected chi connectivity index (χ2v) is 8.90. The molecule has 0 atom stereocenters. The maximum Gasteiger partial charge on any atom is 0.332 e. The van der Waals surface area contributed by atoms with Gasteiger partial charge < -0.3 is 15.0 Å². The van der Waals surface area contributed by atoms with Crippen LogP contribution in [0.5, 0.6) is 5.75 Å². The molecule has 2 amide bonds. The molecule has 10 nitrogen and oxygen atoms in total. The second kappa shape index (κ2) is 9.91. The Labute approximate surface area is 206 Å². The topological polar surface area (TPSA) is 116 Å². The van der Waals surface area contributed by atoms with Gasteiger partial charge in [-0.2, -0.15) is 0 Å². The standard InChI is InChI=1S/C24H26ClN5O5/c1-14-11-16(22(32)29-9-5-4-6-10-29)20-21(26-14)28(2)24(34)30(23(20)33)13-19(31)27-15-7-8-18(35-3)17(25)12-15/h7-8,11-12H,4-6,9-10,13H2,1-3H3,(H,27,31). The van der Waals surface area contributed by atoms with E-state index < -0.39 is 23.7 Å². The summed E-state index contributed by atoms with van der Waals surface area (Å²) >= 11 is 6.11. The number of halogens is 1. The molecule has 1 N–H and O–H groups in total. The molecule has 1 fully saturated rings. The monoisotopic (exact) mass is 499 g/mol. The molecule has 184 valence electrons. The van der Waals surface area contributed by atoms with E-state index in [1.54, 1.807) is 30.0 Å². The maximum absolute atomic E-state index is 13.5. The number of hydrogen-bond acceptors (Lipinski definition) is 6. The van der Waals surface area contributed by atoms with Crippen molar-refractivity contribution in [3.05, 3.63) is 61.4 Å². The molecular weight excluding hydrogens is 474 g/mol. The van der Waals surface area contributed by atoms with Crippen LogP contribution in [0.25, 0.3) is 11.0 Å². The molecule has 1 aliphatic rings. The van der Waals surface area contributed by atoms with E-state index in [4.69, 9.17) is 16.3 Å². The van der Waals surface area contributed by atoms with E-state index in [0.717, 1.165) is 23.8 Å². The fraction of sp³-hybridized carbons (Fsp3) is 0.375. The summed E-state index contributed by atoms with van der Waals surface area (Å²) in [6.45, 7) is 2.37. The number of nitrogens with one attached hydrogen (secondary N) is 1. The molecule has 11 heteroatoms. The van der Waals surface area contributed by atoms with Gasteiger partial charge in [0.25, 0.3) is 11.5 Å². The van der Waals surface area contributed by atoms with Crippen LogP contribution in [0.3, 0.4) is 0 Å². The van der Waals surface area contributed by atoms with E-state index in [-0.39, 0.29) is 22.5 Å². The summed E-state index contributed by atoms with van der Waals surface area (Å²) in [6.07, 6.45) is 2.84. The zero-order valence-electron chi connectivity index (χ0n) is 19.8. The number of pyridine rings is 1. The highest BCUT2D eigenvalue weighted by Gasteiger charge is 2.25. The van der Waals surface area contributed by atoms with Crippen LogP contribution in [0.1, 0.15) is 35.3 Å². The number of aromatic nitrogens is 3. The van der Waals surface area contributed by atoms with Gasteiger partial charge >= 0.3 is 5.69 Å². The van der Waals surface area contributed by atoms with E-state index in [9.17, 15) is 19.2 Å². The normalized spacial score (nSPS) is 13.7. The van der Waals surface area contributed by atoms with E-state index in [1.165, 1.54) is 24.8 Å². The fourth-order valence-corrected chi connectivity index (χ4v) is 4.53. The Morgan fingerprint density at radius 2 is 1.86 bits per heavy atom. The van der Waals surface area contributed by atoms with Crippen molar-refractivity contribution in [3.63, 3.8) is 0 Å². The van der Waals surface area contributed by atoms with Crippen molar-refractivity contribution < 1.29 is 14.3 Å². The lowest BCUT2D eigenvalue weighted by Gasteiger charge is -2.27. The van der Waals surface area contributed by atoms with E-state index in [0.29, 0.717) is 35.2 Å². The SMILES string of the molecule is COc1ccc(NC(=O)Cn2c(=O)c3c(C(=O)N4CCCCC4)cc(C)nc3n(C)c2=O)cc1Cl. The van der Waals surface area contributed by atoms with E-state index >= 15 is 0 Å². The molecular formula is C24H26ClN5O5. The Balaban J connectivity index is 1.74. The van der Waals surface area contributed by atoms with Gasteiger partial charge in [-0.15, -0.1) is 0 Å². The Bertz CT molecular complexity index is 1440. The first-order valence-corrected chi connectivity index (χ1v) is 11.6. The van der Waals surface area contributed by atoms with Crippen LogP contribution in [0.15, 0.2) is 33.9 Å². The van der Waals surface area contributed by atoms with Crippen molar-refractivity contribution in [2.45, 2.75) is 32.7 Å². The van der Waals surface area contributed by atoms with Gasteiger partial charge in [-0.05, 0) is 50.5 Å². The Hall–Kier alpha value is -3.66. The molecule has 0 spiro atoms. The minimum atomic E-state index is -0.737. The average Bonchev–Trinajstić information content (AvgIpc) is 2.85. The number of carbonyl (C=O) groups is 2.